The summed E-state index contributed by atoms with van der Waals surface area (Å²) in [4.78, 5) is 35.1. The Morgan fingerprint density at radius 2 is 1.88 bits per heavy atom. The average molecular weight is 464 g/mol. The molecule has 0 saturated carbocycles. The van der Waals surface area contributed by atoms with Gasteiger partial charge in [-0.3, -0.25) is 14.4 Å². The van der Waals surface area contributed by atoms with Gasteiger partial charge in [0.15, 0.2) is 0 Å². The van der Waals surface area contributed by atoms with Gasteiger partial charge in [-0.05, 0) is 67.7 Å². The highest BCUT2D eigenvalue weighted by atomic mass is 16.7. The number of aromatic amines is 1. The summed E-state index contributed by atoms with van der Waals surface area (Å²) in [7, 11) is 0.612. The Morgan fingerprint density at radius 3 is 2.39 bits per heavy atom. The number of ether oxygens (including phenoxy) is 2. The maximum atomic E-state index is 13.4. The van der Waals surface area contributed by atoms with Gasteiger partial charge in [0.1, 0.15) is 11.4 Å². The summed E-state index contributed by atoms with van der Waals surface area (Å²) in [5, 5.41) is 0. The van der Waals surface area contributed by atoms with Gasteiger partial charge in [0.25, 0.3) is 5.56 Å². The van der Waals surface area contributed by atoms with Crippen molar-refractivity contribution in [3.63, 3.8) is 0 Å². The molecule has 2 atom stereocenters. The summed E-state index contributed by atoms with van der Waals surface area (Å²) in [6.07, 6.45) is 3.15. The third-order valence-electron chi connectivity index (χ3n) is 6.44. The van der Waals surface area contributed by atoms with Gasteiger partial charge in [-0.15, -0.1) is 0 Å². The molecule has 2 saturated heterocycles. The zero-order chi connectivity index (χ0) is 24.6. The van der Waals surface area contributed by atoms with Crippen LogP contribution in [0.1, 0.15) is 79.2 Å². The van der Waals surface area contributed by atoms with Crippen molar-refractivity contribution in [3.05, 3.63) is 22.1 Å². The maximum Gasteiger partial charge on any atom is 0.499 e. The number of aromatic nitrogens is 1. The van der Waals surface area contributed by atoms with E-state index in [9.17, 15) is 9.59 Å². The molecule has 9 nitrogen and oxygen atoms in total. The number of rotatable bonds is 6. The first-order chi connectivity index (χ1) is 15.3. The van der Waals surface area contributed by atoms with Crippen LogP contribution >= 0.6 is 0 Å². The van der Waals surface area contributed by atoms with Crippen LogP contribution in [0.5, 0.6) is 5.75 Å². The Morgan fingerprint density at radius 1 is 1.24 bits per heavy atom. The van der Waals surface area contributed by atoms with E-state index in [0.717, 1.165) is 19.4 Å². The second-order valence-corrected chi connectivity index (χ2v) is 10.7. The fraction of sp³-hybridized carbons (Fsp3) is 0.739. The third-order valence-corrected chi connectivity index (χ3v) is 6.44. The molecule has 0 aromatic carbocycles. The predicted octanol–water partition coefficient (Wildman–Crippen LogP) is 2.18. The van der Waals surface area contributed by atoms with Gasteiger partial charge in [0.2, 0.25) is 0 Å². The van der Waals surface area contributed by atoms with Crippen molar-refractivity contribution in [1.29, 1.82) is 0 Å². The minimum Gasteiger partial charge on any atom is -0.496 e. The molecule has 1 aromatic heterocycles. The zero-order valence-corrected chi connectivity index (χ0v) is 21.0. The lowest BCUT2D eigenvalue weighted by molar-refractivity contribution is -0.158. The normalized spacial score (nSPS) is 23.3. The van der Waals surface area contributed by atoms with E-state index in [1.807, 2.05) is 27.7 Å². The van der Waals surface area contributed by atoms with Crippen LogP contribution in [0.2, 0.25) is 0 Å². The quantitative estimate of drug-likeness (QED) is 0.487. The molecular weight excluding hydrogens is 427 g/mol. The Hall–Kier alpha value is -1.88. The molecule has 0 radical (unpaired) electrons. The summed E-state index contributed by atoms with van der Waals surface area (Å²) >= 11 is 0. The Kier molecular flexibility index (Phi) is 7.34. The van der Waals surface area contributed by atoms with Gasteiger partial charge in [-0.25, -0.2) is 5.48 Å². The second-order valence-electron chi connectivity index (χ2n) is 10.7. The molecule has 33 heavy (non-hydrogen) atoms. The highest BCUT2D eigenvalue weighted by Gasteiger charge is 2.54. The van der Waals surface area contributed by atoms with Gasteiger partial charge in [0, 0.05) is 23.8 Å². The SMILES string of the molecule is COc1c[nH]c(=O)c(C(CC2CCCNO2)C(=O)OC(C)(C)C)c1B1OC(C)(C)C(C)(C)O1. The fourth-order valence-corrected chi connectivity index (χ4v) is 4.03. The summed E-state index contributed by atoms with van der Waals surface area (Å²) in [5.41, 5.74) is 1.10. The maximum absolute atomic E-state index is 13.4. The number of H-pyrrole nitrogens is 1. The number of methoxy groups -OCH3 is 1. The van der Waals surface area contributed by atoms with Crippen molar-refractivity contribution in [3.8, 4) is 5.75 Å². The molecule has 0 aliphatic carbocycles. The van der Waals surface area contributed by atoms with E-state index in [4.69, 9.17) is 23.6 Å². The number of carbonyl (C=O) groups excluding carboxylic acids is 1. The topological polar surface area (TPSA) is 108 Å². The third kappa shape index (κ3) is 5.62. The van der Waals surface area contributed by atoms with Crippen molar-refractivity contribution in [2.75, 3.05) is 13.7 Å². The van der Waals surface area contributed by atoms with Crippen molar-refractivity contribution in [2.24, 2.45) is 0 Å². The molecule has 184 valence electrons. The first kappa shape index (κ1) is 25.7. The number of hydrogen-bond acceptors (Lipinski definition) is 8. The van der Waals surface area contributed by atoms with Crippen molar-refractivity contribution < 1.29 is 28.4 Å². The number of pyridine rings is 1. The first-order valence-electron chi connectivity index (χ1n) is 11.5. The van der Waals surface area contributed by atoms with Gasteiger partial charge in [-0.1, -0.05) is 0 Å². The summed E-state index contributed by atoms with van der Waals surface area (Å²) in [6, 6.07) is 0. The molecule has 2 aliphatic rings. The summed E-state index contributed by atoms with van der Waals surface area (Å²) in [6.45, 7) is 13.9. The molecule has 10 heteroatoms. The average Bonchev–Trinajstić information content (AvgIpc) is 2.92. The van der Waals surface area contributed by atoms with Crippen LogP contribution in [0.25, 0.3) is 0 Å². The van der Waals surface area contributed by atoms with E-state index in [-0.39, 0.29) is 18.1 Å². The Balaban J connectivity index is 2.12. The molecule has 2 unspecified atom stereocenters. The smallest absolute Gasteiger partial charge is 0.496 e. The lowest BCUT2D eigenvalue weighted by Crippen LogP contribution is -2.45. The molecule has 3 rings (SSSR count). The van der Waals surface area contributed by atoms with Crippen LogP contribution in [0, 0.1) is 0 Å². The van der Waals surface area contributed by atoms with Gasteiger partial charge in [-0.2, -0.15) is 0 Å². The highest BCUT2D eigenvalue weighted by Crippen LogP contribution is 2.38. The van der Waals surface area contributed by atoms with Crippen LogP contribution in [0.3, 0.4) is 0 Å². The Bertz CT molecular complexity index is 900. The van der Waals surface area contributed by atoms with E-state index in [2.05, 4.69) is 10.5 Å². The molecule has 2 aliphatic heterocycles. The van der Waals surface area contributed by atoms with Crippen LogP contribution in [-0.4, -0.2) is 54.6 Å². The van der Waals surface area contributed by atoms with Gasteiger partial charge in [0.05, 0.1) is 30.3 Å². The molecule has 1 aromatic rings. The predicted molar refractivity (Wildman–Crippen MR) is 125 cm³/mol. The number of carbonyl (C=O) groups is 1. The molecule has 2 fully saturated rings. The van der Waals surface area contributed by atoms with Crippen LogP contribution < -0.4 is 21.2 Å². The van der Waals surface area contributed by atoms with E-state index in [0.29, 0.717) is 11.2 Å². The lowest BCUT2D eigenvalue weighted by atomic mass is 9.72. The number of nitrogens with one attached hydrogen (secondary N) is 2. The van der Waals surface area contributed by atoms with Crippen LogP contribution in [-0.2, 0) is 23.7 Å². The highest BCUT2D eigenvalue weighted by molar-refractivity contribution is 6.63. The lowest BCUT2D eigenvalue weighted by Gasteiger charge is -2.32. The second kappa shape index (κ2) is 9.41. The number of hydrogen-bond donors (Lipinski definition) is 2. The number of esters is 1. The minimum absolute atomic E-state index is 0.219. The van der Waals surface area contributed by atoms with Gasteiger partial charge < -0.3 is 23.8 Å². The summed E-state index contributed by atoms with van der Waals surface area (Å²) < 4.78 is 23.8. The molecule has 0 amide bonds. The van der Waals surface area contributed by atoms with Crippen molar-refractivity contribution in [2.45, 2.75) is 96.6 Å². The van der Waals surface area contributed by atoms with E-state index < -0.39 is 41.4 Å². The molecule has 3 heterocycles. The van der Waals surface area contributed by atoms with Crippen molar-refractivity contribution >= 4 is 18.6 Å². The number of hydroxylamine groups is 1. The molecule has 0 bridgehead atoms. The standard InChI is InChI=1S/C23H37BN2O7/c1-21(2,3)30-20(28)15(12-14-10-9-11-26-31-14)17-18(16(29-8)13-25-19(17)27)24-32-22(4,5)23(6,7)33-24/h13-15,26H,9-12H2,1-8H3,(H,25,27). The first-order valence-corrected chi connectivity index (χ1v) is 11.5. The molecule has 2 N–H and O–H groups in total. The fourth-order valence-electron chi connectivity index (χ4n) is 4.03. The van der Waals surface area contributed by atoms with Crippen LogP contribution in [0.4, 0.5) is 0 Å². The minimum atomic E-state index is -0.901. The monoisotopic (exact) mass is 464 g/mol. The largest absolute Gasteiger partial charge is 0.499 e. The van der Waals surface area contributed by atoms with Crippen molar-refractivity contribution in [1.82, 2.24) is 10.5 Å². The van der Waals surface area contributed by atoms with Crippen LogP contribution in [0.15, 0.2) is 11.0 Å². The zero-order valence-electron chi connectivity index (χ0n) is 21.0. The molecular formula is C23H37BN2O7. The Labute approximate surface area is 195 Å². The van der Waals surface area contributed by atoms with E-state index in [1.54, 1.807) is 20.8 Å². The molecule has 0 spiro atoms. The van der Waals surface area contributed by atoms with E-state index in [1.165, 1.54) is 13.3 Å². The summed E-state index contributed by atoms with van der Waals surface area (Å²) in [5.74, 6) is -1.03. The van der Waals surface area contributed by atoms with Gasteiger partial charge >= 0.3 is 13.1 Å². The van der Waals surface area contributed by atoms with E-state index >= 15 is 0 Å².